The van der Waals surface area contributed by atoms with Crippen molar-refractivity contribution < 1.29 is 19.1 Å². The second kappa shape index (κ2) is 9.43. The maximum atomic E-state index is 12.0. The fourth-order valence-electron chi connectivity index (χ4n) is 2.79. The minimum atomic E-state index is -0.407. The molecule has 0 aliphatic carbocycles. The maximum Gasteiger partial charge on any atom is 0.235 e. The van der Waals surface area contributed by atoms with Gasteiger partial charge in [0.1, 0.15) is 11.3 Å². The summed E-state index contributed by atoms with van der Waals surface area (Å²) in [5, 5.41) is 13.0. The lowest BCUT2D eigenvalue weighted by Gasteiger charge is -2.05. The van der Waals surface area contributed by atoms with Gasteiger partial charge in [0.2, 0.25) is 17.1 Å². The van der Waals surface area contributed by atoms with E-state index in [4.69, 9.17) is 9.15 Å². The highest BCUT2D eigenvalue weighted by molar-refractivity contribution is 5.88. The molecule has 30 heavy (non-hydrogen) atoms. The van der Waals surface area contributed by atoms with Gasteiger partial charge in [0.05, 0.1) is 12.5 Å². The number of hydrogen-bond donors (Lipinski definition) is 2. The molecule has 152 valence electrons. The van der Waals surface area contributed by atoms with Gasteiger partial charge >= 0.3 is 0 Å². The minimum Gasteiger partial charge on any atom is -0.502 e. The Bertz CT molecular complexity index is 1200. The fraction of sp³-hybridized carbons (Fsp3) is 0.0833. The lowest BCUT2D eigenvalue weighted by atomic mass is 10.1. The summed E-state index contributed by atoms with van der Waals surface area (Å²) in [5.74, 6) is 0.573. The number of rotatable bonds is 3. The largest absolute Gasteiger partial charge is 0.502 e. The molecule has 0 aliphatic heterocycles. The third-order valence-corrected chi connectivity index (χ3v) is 4.22. The van der Waals surface area contributed by atoms with Gasteiger partial charge in [0.15, 0.2) is 5.76 Å². The van der Waals surface area contributed by atoms with Crippen molar-refractivity contribution in [3.05, 3.63) is 89.1 Å². The van der Waals surface area contributed by atoms with Crippen LogP contribution in [0.15, 0.2) is 88.1 Å². The van der Waals surface area contributed by atoms with E-state index in [2.05, 4.69) is 5.32 Å². The SMILES string of the molecule is COc1ccc(NC(C)=O)cc1.O=c1c(O)c(-c2ccccc2)oc2ccccc12. The van der Waals surface area contributed by atoms with E-state index in [1.165, 1.54) is 6.92 Å². The van der Waals surface area contributed by atoms with Crippen LogP contribution in [0.4, 0.5) is 5.69 Å². The van der Waals surface area contributed by atoms with Crippen LogP contribution >= 0.6 is 0 Å². The molecule has 4 aromatic rings. The third kappa shape index (κ3) is 4.86. The van der Waals surface area contributed by atoms with Gasteiger partial charge in [-0.1, -0.05) is 42.5 Å². The molecule has 0 radical (unpaired) electrons. The highest BCUT2D eigenvalue weighted by Gasteiger charge is 2.14. The lowest BCUT2D eigenvalue weighted by Crippen LogP contribution is -2.05. The summed E-state index contributed by atoms with van der Waals surface area (Å²) in [6, 6.07) is 23.1. The molecular formula is C24H21NO5. The second-order valence-electron chi connectivity index (χ2n) is 6.38. The van der Waals surface area contributed by atoms with Crippen molar-refractivity contribution >= 4 is 22.6 Å². The Balaban J connectivity index is 0.000000187. The number of amides is 1. The first-order chi connectivity index (χ1) is 14.5. The summed E-state index contributed by atoms with van der Waals surface area (Å²) in [6.07, 6.45) is 0. The topological polar surface area (TPSA) is 88.8 Å². The fourth-order valence-corrected chi connectivity index (χ4v) is 2.79. The average Bonchev–Trinajstić information content (AvgIpc) is 2.77. The van der Waals surface area contributed by atoms with Crippen LogP contribution < -0.4 is 15.5 Å². The number of anilines is 1. The van der Waals surface area contributed by atoms with Crippen molar-refractivity contribution in [3.63, 3.8) is 0 Å². The number of benzene rings is 3. The molecule has 0 saturated heterocycles. The molecule has 0 fully saturated rings. The first-order valence-corrected chi connectivity index (χ1v) is 9.21. The van der Waals surface area contributed by atoms with Gasteiger partial charge in [0, 0.05) is 18.2 Å². The Morgan fingerprint density at radius 1 is 0.933 bits per heavy atom. The molecule has 1 aromatic heterocycles. The zero-order valence-corrected chi connectivity index (χ0v) is 16.6. The summed E-state index contributed by atoms with van der Waals surface area (Å²) < 4.78 is 10.6. The smallest absolute Gasteiger partial charge is 0.235 e. The summed E-state index contributed by atoms with van der Waals surface area (Å²) in [5.41, 5.74) is 1.52. The van der Waals surface area contributed by atoms with Crippen LogP contribution in [0.25, 0.3) is 22.3 Å². The Hall–Kier alpha value is -4.06. The maximum absolute atomic E-state index is 12.0. The molecule has 1 amide bonds. The Labute approximate surface area is 173 Å². The van der Waals surface area contributed by atoms with Crippen LogP contribution in [0.1, 0.15) is 6.92 Å². The molecule has 0 saturated carbocycles. The molecule has 0 spiro atoms. The molecular weight excluding hydrogens is 382 g/mol. The molecule has 0 bridgehead atoms. The standard InChI is InChI=1S/C15H10O3.C9H11NO2/c16-13-11-8-4-5-9-12(11)18-15(14(13)17)10-6-2-1-3-7-10;1-7(11)10-8-3-5-9(12-2)6-4-8/h1-9,17H;3-6H,1-2H3,(H,10,11). The molecule has 1 heterocycles. The van der Waals surface area contributed by atoms with Crippen molar-refractivity contribution in [1.29, 1.82) is 0 Å². The van der Waals surface area contributed by atoms with Crippen LogP contribution in [0.2, 0.25) is 0 Å². The van der Waals surface area contributed by atoms with Crippen molar-refractivity contribution in [2.24, 2.45) is 0 Å². The summed E-state index contributed by atoms with van der Waals surface area (Å²) >= 11 is 0. The average molecular weight is 403 g/mol. The van der Waals surface area contributed by atoms with Crippen LogP contribution in [-0.4, -0.2) is 18.1 Å². The van der Waals surface area contributed by atoms with E-state index in [1.807, 2.05) is 18.2 Å². The van der Waals surface area contributed by atoms with Crippen LogP contribution in [0.5, 0.6) is 11.5 Å². The van der Waals surface area contributed by atoms with Gasteiger partial charge in [-0.15, -0.1) is 0 Å². The number of hydrogen-bond acceptors (Lipinski definition) is 5. The van der Waals surface area contributed by atoms with Gasteiger partial charge < -0.3 is 19.6 Å². The van der Waals surface area contributed by atoms with Crippen LogP contribution in [0, 0.1) is 0 Å². The summed E-state index contributed by atoms with van der Waals surface area (Å²) in [4.78, 5) is 22.6. The Morgan fingerprint density at radius 2 is 1.57 bits per heavy atom. The number of fused-ring (bicyclic) bond motifs is 1. The molecule has 6 heteroatoms. The normalized spacial score (nSPS) is 10.1. The van der Waals surface area contributed by atoms with Crippen molar-refractivity contribution in [1.82, 2.24) is 0 Å². The highest BCUT2D eigenvalue weighted by atomic mass is 16.5. The van der Waals surface area contributed by atoms with Gasteiger partial charge in [-0.2, -0.15) is 0 Å². The van der Waals surface area contributed by atoms with Gasteiger partial charge in [-0.3, -0.25) is 9.59 Å². The molecule has 2 N–H and O–H groups in total. The van der Waals surface area contributed by atoms with E-state index in [1.54, 1.807) is 67.8 Å². The molecule has 0 aliphatic rings. The van der Waals surface area contributed by atoms with Crippen molar-refractivity contribution in [2.75, 3.05) is 12.4 Å². The first-order valence-electron chi connectivity index (χ1n) is 9.21. The van der Waals surface area contributed by atoms with Gasteiger partial charge in [-0.05, 0) is 36.4 Å². The second-order valence-corrected chi connectivity index (χ2v) is 6.38. The number of methoxy groups -OCH3 is 1. The first kappa shape index (κ1) is 20.7. The number of aromatic hydroxyl groups is 1. The zero-order valence-electron chi connectivity index (χ0n) is 16.6. The van der Waals surface area contributed by atoms with Crippen molar-refractivity contribution in [3.8, 4) is 22.8 Å². The van der Waals surface area contributed by atoms with Crippen molar-refractivity contribution in [2.45, 2.75) is 6.92 Å². The number of carbonyl (C=O) groups excluding carboxylic acids is 1. The highest BCUT2D eigenvalue weighted by Crippen LogP contribution is 2.29. The third-order valence-electron chi connectivity index (χ3n) is 4.22. The minimum absolute atomic E-state index is 0.0693. The van der Waals surface area contributed by atoms with E-state index < -0.39 is 5.43 Å². The van der Waals surface area contributed by atoms with E-state index in [0.717, 1.165) is 11.4 Å². The predicted molar refractivity (Wildman–Crippen MR) is 117 cm³/mol. The van der Waals surface area contributed by atoms with E-state index >= 15 is 0 Å². The number of carbonyl (C=O) groups is 1. The Morgan fingerprint density at radius 3 is 2.20 bits per heavy atom. The Kier molecular flexibility index (Phi) is 6.49. The van der Waals surface area contributed by atoms with Crippen LogP contribution in [-0.2, 0) is 4.79 Å². The van der Waals surface area contributed by atoms with E-state index in [9.17, 15) is 14.7 Å². The molecule has 0 atom stereocenters. The molecule has 0 unspecified atom stereocenters. The van der Waals surface area contributed by atoms with E-state index in [0.29, 0.717) is 16.5 Å². The monoisotopic (exact) mass is 403 g/mol. The van der Waals surface area contributed by atoms with Gasteiger partial charge in [0.25, 0.3) is 0 Å². The number of para-hydroxylation sites is 1. The van der Waals surface area contributed by atoms with Gasteiger partial charge in [-0.25, -0.2) is 0 Å². The number of nitrogens with one attached hydrogen (secondary N) is 1. The zero-order chi connectivity index (χ0) is 21.5. The van der Waals surface area contributed by atoms with E-state index in [-0.39, 0.29) is 17.4 Å². The predicted octanol–water partition coefficient (Wildman–Crippen LogP) is 4.82. The molecule has 3 aromatic carbocycles. The quantitative estimate of drug-likeness (QED) is 0.512. The van der Waals surface area contributed by atoms with Crippen LogP contribution in [0.3, 0.4) is 0 Å². The summed E-state index contributed by atoms with van der Waals surface area (Å²) in [7, 11) is 1.60. The molecule has 4 rings (SSSR count). The molecule has 6 nitrogen and oxygen atoms in total. The lowest BCUT2D eigenvalue weighted by molar-refractivity contribution is -0.114. The summed E-state index contributed by atoms with van der Waals surface area (Å²) in [6.45, 7) is 1.48. The number of ether oxygens (including phenoxy) is 1.